The standard InChI is InChI=1S/C17H19NO5S2/c1-23-16-7-5-6-14(12-16)18(15-10-11-24(19,20)13-15)25(21,22)17-8-3-2-4-9-17/h2-9,12,15H,10-11,13H2,1H3. The summed E-state index contributed by atoms with van der Waals surface area (Å²) in [6.45, 7) is 0. The molecule has 3 rings (SSSR count). The summed E-state index contributed by atoms with van der Waals surface area (Å²) in [7, 11) is -5.65. The molecule has 8 heteroatoms. The second-order valence-corrected chi connectivity index (χ2v) is 9.92. The number of rotatable bonds is 5. The average Bonchev–Trinajstić information content (AvgIpc) is 2.95. The Labute approximate surface area is 148 Å². The molecular weight excluding hydrogens is 362 g/mol. The molecule has 0 N–H and O–H groups in total. The first-order valence-corrected chi connectivity index (χ1v) is 11.0. The number of methoxy groups -OCH3 is 1. The molecule has 0 bridgehead atoms. The Balaban J connectivity index is 2.12. The van der Waals surface area contributed by atoms with Crippen LogP contribution in [0.5, 0.6) is 5.75 Å². The third-order valence-corrected chi connectivity index (χ3v) is 7.79. The molecule has 134 valence electrons. The van der Waals surface area contributed by atoms with Crippen LogP contribution in [-0.4, -0.2) is 41.5 Å². The van der Waals surface area contributed by atoms with E-state index < -0.39 is 25.9 Å². The first kappa shape index (κ1) is 17.8. The Morgan fingerprint density at radius 1 is 1.08 bits per heavy atom. The molecule has 0 spiro atoms. The summed E-state index contributed by atoms with van der Waals surface area (Å²) in [5.41, 5.74) is 0.394. The van der Waals surface area contributed by atoms with Crippen LogP contribution in [0.1, 0.15) is 6.42 Å². The van der Waals surface area contributed by atoms with Gasteiger partial charge >= 0.3 is 0 Å². The number of hydrogen-bond acceptors (Lipinski definition) is 5. The monoisotopic (exact) mass is 381 g/mol. The van der Waals surface area contributed by atoms with Crippen molar-refractivity contribution in [2.75, 3.05) is 22.9 Å². The Morgan fingerprint density at radius 2 is 1.80 bits per heavy atom. The van der Waals surface area contributed by atoms with Crippen molar-refractivity contribution in [2.45, 2.75) is 17.4 Å². The number of hydrogen-bond donors (Lipinski definition) is 0. The van der Waals surface area contributed by atoms with E-state index in [9.17, 15) is 16.8 Å². The lowest BCUT2D eigenvalue weighted by molar-refractivity contribution is 0.415. The Hall–Kier alpha value is -2.06. The molecule has 1 fully saturated rings. The molecule has 0 amide bonds. The molecule has 2 aromatic rings. The quantitative estimate of drug-likeness (QED) is 0.792. The predicted octanol–water partition coefficient (Wildman–Crippen LogP) is 2.08. The molecule has 25 heavy (non-hydrogen) atoms. The topological polar surface area (TPSA) is 80.8 Å². The highest BCUT2D eigenvalue weighted by Gasteiger charge is 2.39. The molecule has 0 saturated carbocycles. The zero-order chi connectivity index (χ0) is 18.1. The van der Waals surface area contributed by atoms with Gasteiger partial charge in [-0.25, -0.2) is 16.8 Å². The third-order valence-electron chi connectivity index (χ3n) is 4.15. The maximum absolute atomic E-state index is 13.2. The SMILES string of the molecule is COc1cccc(N(C2CCS(=O)(=O)C2)S(=O)(=O)c2ccccc2)c1. The van der Waals surface area contributed by atoms with E-state index in [0.29, 0.717) is 11.4 Å². The van der Waals surface area contributed by atoms with E-state index in [1.54, 1.807) is 42.5 Å². The molecule has 1 saturated heterocycles. The average molecular weight is 381 g/mol. The highest BCUT2D eigenvalue weighted by Crippen LogP contribution is 2.32. The van der Waals surface area contributed by atoms with Gasteiger partial charge in [-0.1, -0.05) is 24.3 Å². The molecule has 0 aromatic heterocycles. The number of ether oxygens (including phenoxy) is 1. The highest BCUT2D eigenvalue weighted by molar-refractivity contribution is 7.93. The van der Waals surface area contributed by atoms with Crippen molar-refractivity contribution in [1.82, 2.24) is 0 Å². The maximum Gasteiger partial charge on any atom is 0.264 e. The molecule has 1 aliphatic rings. The minimum Gasteiger partial charge on any atom is -0.497 e. The maximum atomic E-state index is 13.2. The number of sulfonamides is 1. The number of nitrogens with zero attached hydrogens (tertiary/aromatic N) is 1. The van der Waals surface area contributed by atoms with Gasteiger partial charge in [0.2, 0.25) is 0 Å². The van der Waals surface area contributed by atoms with Crippen LogP contribution in [0.2, 0.25) is 0 Å². The minimum atomic E-state index is -3.90. The van der Waals surface area contributed by atoms with E-state index >= 15 is 0 Å². The normalized spacial score (nSPS) is 19.5. The second kappa shape index (κ2) is 6.68. The van der Waals surface area contributed by atoms with Crippen molar-refractivity contribution in [1.29, 1.82) is 0 Å². The minimum absolute atomic E-state index is 0.0115. The second-order valence-electron chi connectivity index (χ2n) is 5.87. The fourth-order valence-electron chi connectivity index (χ4n) is 2.96. The Morgan fingerprint density at radius 3 is 2.40 bits per heavy atom. The summed E-state index contributed by atoms with van der Waals surface area (Å²) in [6, 6.07) is 14.0. The molecule has 1 heterocycles. The lowest BCUT2D eigenvalue weighted by Crippen LogP contribution is -2.41. The van der Waals surface area contributed by atoms with Crippen LogP contribution in [0.4, 0.5) is 5.69 Å². The Kier molecular flexibility index (Phi) is 4.75. The summed E-state index contributed by atoms with van der Waals surface area (Å²) in [5.74, 6) is 0.310. The van der Waals surface area contributed by atoms with E-state index in [-0.39, 0.29) is 22.8 Å². The van der Waals surface area contributed by atoms with Gasteiger partial charge in [0.05, 0.1) is 35.2 Å². The Bertz CT molecular complexity index is 956. The van der Waals surface area contributed by atoms with Crippen LogP contribution in [0.25, 0.3) is 0 Å². The van der Waals surface area contributed by atoms with Gasteiger partial charge in [0.25, 0.3) is 10.0 Å². The molecule has 1 unspecified atom stereocenters. The van der Waals surface area contributed by atoms with Gasteiger partial charge in [0.1, 0.15) is 5.75 Å². The number of sulfone groups is 1. The summed E-state index contributed by atoms with van der Waals surface area (Å²) >= 11 is 0. The van der Waals surface area contributed by atoms with Gasteiger partial charge < -0.3 is 4.74 Å². The van der Waals surface area contributed by atoms with Crippen LogP contribution in [0.15, 0.2) is 59.5 Å². The lowest BCUT2D eigenvalue weighted by atomic mass is 10.2. The number of anilines is 1. The predicted molar refractivity (Wildman–Crippen MR) is 96.2 cm³/mol. The van der Waals surface area contributed by atoms with Gasteiger partial charge in [0.15, 0.2) is 9.84 Å². The van der Waals surface area contributed by atoms with Crippen molar-refractivity contribution >= 4 is 25.5 Å². The molecule has 1 aliphatic heterocycles. The molecule has 0 radical (unpaired) electrons. The van der Waals surface area contributed by atoms with Crippen molar-refractivity contribution in [3.63, 3.8) is 0 Å². The van der Waals surface area contributed by atoms with Crippen LogP contribution in [0, 0.1) is 0 Å². The van der Waals surface area contributed by atoms with E-state index in [0.717, 1.165) is 0 Å². The van der Waals surface area contributed by atoms with Gasteiger partial charge in [0, 0.05) is 6.07 Å². The van der Waals surface area contributed by atoms with E-state index in [2.05, 4.69) is 0 Å². The summed E-state index contributed by atoms with van der Waals surface area (Å²) in [4.78, 5) is 0.127. The summed E-state index contributed by atoms with van der Waals surface area (Å²) in [6.07, 6.45) is 0.269. The van der Waals surface area contributed by atoms with Gasteiger partial charge in [-0.15, -0.1) is 0 Å². The smallest absolute Gasteiger partial charge is 0.264 e. The fraction of sp³-hybridized carbons (Fsp3) is 0.294. The van der Waals surface area contributed by atoms with Crippen molar-refractivity contribution in [3.05, 3.63) is 54.6 Å². The van der Waals surface area contributed by atoms with Crippen molar-refractivity contribution in [3.8, 4) is 5.75 Å². The molecule has 2 aromatic carbocycles. The highest BCUT2D eigenvalue weighted by atomic mass is 32.2. The van der Waals surface area contributed by atoms with E-state index in [1.807, 2.05) is 0 Å². The van der Waals surface area contributed by atoms with Crippen molar-refractivity contribution < 1.29 is 21.6 Å². The zero-order valence-electron chi connectivity index (χ0n) is 13.7. The largest absolute Gasteiger partial charge is 0.497 e. The molecule has 1 atom stereocenters. The summed E-state index contributed by atoms with van der Waals surface area (Å²) in [5, 5.41) is 0. The van der Waals surface area contributed by atoms with Gasteiger partial charge in [-0.3, -0.25) is 4.31 Å². The fourth-order valence-corrected chi connectivity index (χ4v) is 6.45. The first-order valence-electron chi connectivity index (χ1n) is 7.77. The molecule has 6 nitrogen and oxygen atoms in total. The third kappa shape index (κ3) is 3.64. The van der Waals surface area contributed by atoms with Gasteiger partial charge in [-0.05, 0) is 30.7 Å². The van der Waals surface area contributed by atoms with E-state index in [1.165, 1.54) is 23.5 Å². The number of benzene rings is 2. The zero-order valence-corrected chi connectivity index (χ0v) is 15.3. The van der Waals surface area contributed by atoms with Crippen LogP contribution in [-0.2, 0) is 19.9 Å². The first-order chi connectivity index (χ1) is 11.8. The molecular formula is C17H19NO5S2. The molecule has 0 aliphatic carbocycles. The van der Waals surface area contributed by atoms with Crippen LogP contribution in [0.3, 0.4) is 0 Å². The van der Waals surface area contributed by atoms with Gasteiger partial charge in [-0.2, -0.15) is 0 Å². The summed E-state index contributed by atoms with van der Waals surface area (Å²) < 4.78 is 56.7. The van der Waals surface area contributed by atoms with Crippen LogP contribution < -0.4 is 9.04 Å². The van der Waals surface area contributed by atoms with Crippen LogP contribution >= 0.6 is 0 Å². The van der Waals surface area contributed by atoms with Crippen molar-refractivity contribution in [2.24, 2.45) is 0 Å². The van der Waals surface area contributed by atoms with E-state index in [4.69, 9.17) is 4.74 Å². The lowest BCUT2D eigenvalue weighted by Gasteiger charge is -2.29.